The number of halogens is 1. The zero-order valence-electron chi connectivity index (χ0n) is 4.71. The van der Waals surface area contributed by atoms with Gasteiger partial charge in [-0.2, -0.15) is 0 Å². The number of hydrogen-bond donors (Lipinski definition) is 1. The van der Waals surface area contributed by atoms with Crippen LogP contribution in [0.2, 0.25) is 0 Å². The van der Waals surface area contributed by atoms with Gasteiger partial charge < -0.3 is 9.84 Å². The van der Waals surface area contributed by atoms with Crippen LogP contribution in [0.15, 0.2) is 0 Å². The van der Waals surface area contributed by atoms with Gasteiger partial charge in [-0.05, 0) is 0 Å². The monoisotopic (exact) mass is 134 g/mol. The first kappa shape index (κ1) is 6.48. The quantitative estimate of drug-likeness (QED) is 0.557. The predicted molar refractivity (Wildman–Crippen MR) is 26.9 cm³/mol. The Balaban J connectivity index is 2.39. The predicted octanol–water partition coefficient (Wildman–Crippen LogP) is 0.198. The molecule has 0 aliphatic carbocycles. The molecule has 2 atom stereocenters. The second-order valence-electron chi connectivity index (χ2n) is 1.99. The third-order valence-electron chi connectivity index (χ3n) is 1.22. The van der Waals surface area contributed by atoms with Gasteiger partial charge >= 0.3 is 5.97 Å². The van der Waals surface area contributed by atoms with Gasteiger partial charge in [-0.3, -0.25) is 0 Å². The van der Waals surface area contributed by atoms with E-state index in [1.54, 1.807) is 0 Å². The van der Waals surface area contributed by atoms with Gasteiger partial charge in [-0.25, -0.2) is 9.18 Å². The summed E-state index contributed by atoms with van der Waals surface area (Å²) in [6.45, 7) is -0.0725. The van der Waals surface area contributed by atoms with E-state index < -0.39 is 18.2 Å². The Kier molecular flexibility index (Phi) is 1.66. The Morgan fingerprint density at radius 3 is 2.67 bits per heavy atom. The van der Waals surface area contributed by atoms with Gasteiger partial charge in [0, 0.05) is 6.42 Å². The fourth-order valence-corrected chi connectivity index (χ4v) is 0.761. The summed E-state index contributed by atoms with van der Waals surface area (Å²) in [6.07, 6.45) is -2.01. The van der Waals surface area contributed by atoms with Crippen molar-refractivity contribution in [2.45, 2.75) is 18.7 Å². The molecule has 1 N–H and O–H groups in total. The van der Waals surface area contributed by atoms with E-state index in [9.17, 15) is 9.18 Å². The molecule has 1 aliphatic rings. The minimum absolute atomic E-state index is 0.00463. The smallest absolute Gasteiger partial charge is 0.332 e. The first-order valence-electron chi connectivity index (χ1n) is 2.68. The maximum Gasteiger partial charge on any atom is 0.332 e. The summed E-state index contributed by atoms with van der Waals surface area (Å²) in [7, 11) is 0. The van der Waals surface area contributed by atoms with E-state index >= 15 is 0 Å². The number of alkyl halides is 1. The summed E-state index contributed by atoms with van der Waals surface area (Å²) < 4.78 is 16.7. The van der Waals surface area contributed by atoms with Gasteiger partial charge in [0.05, 0.1) is 6.61 Å². The summed E-state index contributed by atoms with van der Waals surface area (Å²) in [6, 6.07) is 0. The minimum atomic E-state index is -1.09. The number of carboxylic acids is 1. The van der Waals surface area contributed by atoms with Crippen LogP contribution in [0.3, 0.4) is 0 Å². The second kappa shape index (κ2) is 2.31. The van der Waals surface area contributed by atoms with Crippen LogP contribution in [0.5, 0.6) is 0 Å². The van der Waals surface area contributed by atoms with Gasteiger partial charge in [0.1, 0.15) is 6.17 Å². The van der Waals surface area contributed by atoms with Crippen LogP contribution >= 0.6 is 0 Å². The van der Waals surface area contributed by atoms with E-state index in [0.29, 0.717) is 0 Å². The van der Waals surface area contributed by atoms with Crippen molar-refractivity contribution in [3.8, 4) is 0 Å². The first-order chi connectivity index (χ1) is 4.20. The van der Waals surface area contributed by atoms with E-state index in [1.165, 1.54) is 0 Å². The maximum absolute atomic E-state index is 12.1. The molecule has 0 bridgehead atoms. The molecule has 0 aromatic heterocycles. The minimum Gasteiger partial charge on any atom is -0.479 e. The summed E-state index contributed by atoms with van der Waals surface area (Å²) >= 11 is 0. The zero-order valence-corrected chi connectivity index (χ0v) is 4.71. The molecule has 2 unspecified atom stereocenters. The molecule has 0 spiro atoms. The van der Waals surface area contributed by atoms with Crippen LogP contribution in [0.25, 0.3) is 0 Å². The van der Waals surface area contributed by atoms with Gasteiger partial charge in [0.15, 0.2) is 6.10 Å². The third kappa shape index (κ3) is 1.38. The zero-order chi connectivity index (χ0) is 6.85. The molecule has 1 aliphatic heterocycles. The lowest BCUT2D eigenvalue weighted by atomic mass is 10.2. The highest BCUT2D eigenvalue weighted by molar-refractivity contribution is 5.72. The molecule has 9 heavy (non-hydrogen) atoms. The lowest BCUT2D eigenvalue weighted by Crippen LogP contribution is -2.18. The lowest BCUT2D eigenvalue weighted by molar-refractivity contribution is -0.147. The van der Waals surface area contributed by atoms with Crippen molar-refractivity contribution in [3.05, 3.63) is 0 Å². The topological polar surface area (TPSA) is 46.5 Å². The van der Waals surface area contributed by atoms with Gasteiger partial charge in [0.2, 0.25) is 0 Å². The molecular weight excluding hydrogens is 127 g/mol. The highest BCUT2D eigenvalue weighted by Crippen LogP contribution is 2.15. The Hall–Kier alpha value is -0.640. The molecule has 1 saturated heterocycles. The van der Waals surface area contributed by atoms with Gasteiger partial charge in [-0.15, -0.1) is 0 Å². The Morgan fingerprint density at radius 1 is 1.78 bits per heavy atom. The molecule has 0 aromatic carbocycles. The number of hydrogen-bond acceptors (Lipinski definition) is 2. The summed E-state index contributed by atoms with van der Waals surface area (Å²) in [5.41, 5.74) is 0. The van der Waals surface area contributed by atoms with Crippen molar-refractivity contribution in [2.24, 2.45) is 0 Å². The first-order valence-corrected chi connectivity index (χ1v) is 2.68. The van der Waals surface area contributed by atoms with Gasteiger partial charge in [0.25, 0.3) is 0 Å². The molecule has 0 radical (unpaired) electrons. The van der Waals surface area contributed by atoms with E-state index in [4.69, 9.17) is 5.11 Å². The molecule has 0 aromatic rings. The number of ether oxygens (including phenoxy) is 1. The largest absolute Gasteiger partial charge is 0.479 e. The Labute approximate surface area is 51.4 Å². The average molecular weight is 134 g/mol. The summed E-state index contributed by atoms with van der Waals surface area (Å²) in [4.78, 5) is 10.1. The molecule has 1 rings (SSSR count). The Morgan fingerprint density at radius 2 is 2.44 bits per heavy atom. The van der Waals surface area contributed by atoms with Crippen molar-refractivity contribution < 1.29 is 19.0 Å². The molecule has 4 heteroatoms. The summed E-state index contributed by atoms with van der Waals surface area (Å²) in [5, 5.41) is 8.24. The van der Waals surface area contributed by atoms with Crippen LogP contribution in [0.1, 0.15) is 6.42 Å². The number of carbonyl (C=O) groups is 1. The van der Waals surface area contributed by atoms with E-state index in [1.807, 2.05) is 0 Å². The maximum atomic E-state index is 12.1. The molecule has 3 nitrogen and oxygen atoms in total. The molecular formula is C5H7FO3. The van der Waals surface area contributed by atoms with Crippen LogP contribution in [0.4, 0.5) is 4.39 Å². The van der Waals surface area contributed by atoms with Crippen molar-refractivity contribution >= 4 is 5.97 Å². The average Bonchev–Trinajstić information content (AvgIpc) is 2.14. The highest BCUT2D eigenvalue weighted by Gasteiger charge is 2.30. The Bertz CT molecular complexity index is 125. The van der Waals surface area contributed by atoms with Crippen LogP contribution in [0, 0.1) is 0 Å². The molecule has 1 heterocycles. The van der Waals surface area contributed by atoms with Crippen LogP contribution < -0.4 is 0 Å². The lowest BCUT2D eigenvalue weighted by Gasteiger charge is -1.98. The third-order valence-corrected chi connectivity index (χ3v) is 1.22. The normalized spacial score (nSPS) is 34.8. The molecule has 0 amide bonds. The SMILES string of the molecule is O=C(O)C1CC(F)CO1. The van der Waals surface area contributed by atoms with Crippen LogP contribution in [-0.2, 0) is 9.53 Å². The second-order valence-corrected chi connectivity index (χ2v) is 1.99. The van der Waals surface area contributed by atoms with Crippen molar-refractivity contribution in [1.29, 1.82) is 0 Å². The van der Waals surface area contributed by atoms with Crippen molar-refractivity contribution in [1.82, 2.24) is 0 Å². The van der Waals surface area contributed by atoms with E-state index in [2.05, 4.69) is 4.74 Å². The standard InChI is InChI=1S/C5H7FO3/c6-3-1-4(5(7)8)9-2-3/h3-4H,1-2H2,(H,7,8). The van der Waals surface area contributed by atoms with Gasteiger partial charge in [-0.1, -0.05) is 0 Å². The van der Waals surface area contributed by atoms with E-state index in [0.717, 1.165) is 0 Å². The fourth-order valence-electron chi connectivity index (χ4n) is 0.761. The number of rotatable bonds is 1. The van der Waals surface area contributed by atoms with E-state index in [-0.39, 0.29) is 13.0 Å². The highest BCUT2D eigenvalue weighted by atomic mass is 19.1. The molecule has 52 valence electrons. The number of aliphatic carboxylic acids is 1. The molecule has 0 saturated carbocycles. The number of carboxylic acid groups (broad SMARTS) is 1. The van der Waals surface area contributed by atoms with Crippen molar-refractivity contribution in [3.63, 3.8) is 0 Å². The fraction of sp³-hybridized carbons (Fsp3) is 0.800. The van der Waals surface area contributed by atoms with Crippen molar-refractivity contribution in [2.75, 3.05) is 6.61 Å². The van der Waals surface area contributed by atoms with Crippen LogP contribution in [-0.4, -0.2) is 30.0 Å². The molecule has 1 fully saturated rings. The summed E-state index contributed by atoms with van der Waals surface area (Å²) in [5.74, 6) is -1.07.